The lowest BCUT2D eigenvalue weighted by molar-refractivity contribution is 0.590. The predicted molar refractivity (Wildman–Crippen MR) is 44.1 cm³/mol. The van der Waals surface area contributed by atoms with Crippen molar-refractivity contribution in [1.29, 1.82) is 0 Å². The van der Waals surface area contributed by atoms with Crippen LogP contribution >= 0.6 is 0 Å². The van der Waals surface area contributed by atoms with Crippen LogP contribution in [0.5, 0.6) is 0 Å². The molecule has 0 aromatic heterocycles. The Labute approximate surface area is 71.9 Å². The second-order valence-electron chi connectivity index (χ2n) is 2.45. The van der Waals surface area contributed by atoms with E-state index in [1.54, 1.807) is 0 Å². The van der Waals surface area contributed by atoms with Gasteiger partial charge >= 0.3 is 0 Å². The Morgan fingerprint density at radius 3 is 2.67 bits per heavy atom. The summed E-state index contributed by atoms with van der Waals surface area (Å²) in [5.74, 6) is -0.952. The van der Waals surface area contributed by atoms with Gasteiger partial charge in [-0.3, -0.25) is 4.21 Å². The van der Waals surface area contributed by atoms with Gasteiger partial charge in [0.15, 0.2) is 0 Å². The average molecular weight is 190 g/mol. The van der Waals surface area contributed by atoms with Gasteiger partial charge in [-0.15, -0.1) is 0 Å². The van der Waals surface area contributed by atoms with E-state index in [1.807, 2.05) is 0 Å². The highest BCUT2D eigenvalue weighted by atomic mass is 32.2. The lowest BCUT2D eigenvalue weighted by Crippen LogP contribution is -1.96. The van der Waals surface area contributed by atoms with Crippen LogP contribution in [0.3, 0.4) is 0 Å². The Kier molecular flexibility index (Phi) is 2.92. The molecule has 0 radical (unpaired) electrons. The third-order valence-electron chi connectivity index (χ3n) is 1.37. The molecule has 12 heavy (non-hydrogen) atoms. The quantitative estimate of drug-likeness (QED) is 0.695. The van der Waals surface area contributed by atoms with Crippen LogP contribution in [0.2, 0.25) is 0 Å². The molecule has 0 aliphatic heterocycles. The maximum absolute atomic E-state index is 12.8. The molecule has 66 valence electrons. The third-order valence-corrected chi connectivity index (χ3v) is 2.08. The largest absolute Gasteiger partial charge is 0.260 e. The summed E-state index contributed by atoms with van der Waals surface area (Å²) in [6.45, 7) is 0. The van der Waals surface area contributed by atoms with Gasteiger partial charge in [0.25, 0.3) is 0 Å². The van der Waals surface area contributed by atoms with Crippen molar-refractivity contribution in [2.75, 3.05) is 6.26 Å². The molecule has 0 spiro atoms. The van der Waals surface area contributed by atoms with Crippen LogP contribution in [0.1, 0.15) is 5.56 Å². The Balaban J connectivity index is 2.97. The highest BCUT2D eigenvalue weighted by molar-refractivity contribution is 7.83. The molecule has 0 aliphatic carbocycles. The Hall–Kier alpha value is -0.770. The molecule has 1 aromatic carbocycles. The summed E-state index contributed by atoms with van der Waals surface area (Å²) in [6, 6.07) is 3.14. The van der Waals surface area contributed by atoms with E-state index in [0.717, 1.165) is 18.2 Å². The number of hydrogen-bond donors (Lipinski definition) is 0. The number of benzene rings is 1. The molecule has 1 rings (SSSR count). The molecule has 4 heteroatoms. The molecular formula is C8H8F2OS. The highest BCUT2D eigenvalue weighted by Crippen LogP contribution is 2.10. The van der Waals surface area contributed by atoms with Crippen LogP contribution in [0.4, 0.5) is 8.78 Å². The molecular weight excluding hydrogens is 182 g/mol. The fourth-order valence-corrected chi connectivity index (χ4v) is 1.53. The zero-order valence-corrected chi connectivity index (χ0v) is 7.33. The fourth-order valence-electron chi connectivity index (χ4n) is 0.873. The Bertz CT molecular complexity index is 312. The average Bonchev–Trinajstić information content (AvgIpc) is 1.96. The molecule has 0 amide bonds. The Morgan fingerprint density at radius 2 is 2.08 bits per heavy atom. The Morgan fingerprint density at radius 1 is 1.42 bits per heavy atom. The second-order valence-corrected chi connectivity index (χ2v) is 3.89. The first-order chi connectivity index (χ1) is 5.59. The van der Waals surface area contributed by atoms with Crippen molar-refractivity contribution in [3.63, 3.8) is 0 Å². The van der Waals surface area contributed by atoms with Crippen LogP contribution in [0, 0.1) is 11.6 Å². The summed E-state index contributed by atoms with van der Waals surface area (Å²) in [4.78, 5) is 0. The lowest BCUT2D eigenvalue weighted by atomic mass is 10.2. The van der Waals surface area contributed by atoms with Crippen molar-refractivity contribution >= 4 is 10.8 Å². The molecule has 0 saturated heterocycles. The van der Waals surface area contributed by atoms with Gasteiger partial charge in [0.05, 0.1) is 5.75 Å². The van der Waals surface area contributed by atoms with E-state index in [4.69, 9.17) is 0 Å². The van der Waals surface area contributed by atoms with Gasteiger partial charge in [-0.25, -0.2) is 8.78 Å². The molecule has 0 bridgehead atoms. The topological polar surface area (TPSA) is 17.1 Å². The maximum atomic E-state index is 12.8. The number of halogens is 2. The van der Waals surface area contributed by atoms with Gasteiger partial charge in [-0.1, -0.05) is 0 Å². The summed E-state index contributed by atoms with van der Waals surface area (Å²) < 4.78 is 36.1. The second kappa shape index (κ2) is 3.76. The summed E-state index contributed by atoms with van der Waals surface area (Å²) in [5.41, 5.74) is 0.163. The molecule has 0 heterocycles. The van der Waals surface area contributed by atoms with Crippen LogP contribution in [-0.4, -0.2) is 10.5 Å². The fraction of sp³-hybridized carbons (Fsp3) is 0.250. The van der Waals surface area contributed by atoms with Crippen molar-refractivity contribution in [2.45, 2.75) is 5.75 Å². The smallest absolute Gasteiger partial charge is 0.127 e. The SMILES string of the molecule is CS(=O)Cc1cc(F)ccc1F. The van der Waals surface area contributed by atoms with Gasteiger partial charge < -0.3 is 0 Å². The van der Waals surface area contributed by atoms with Crippen LogP contribution < -0.4 is 0 Å². The number of rotatable bonds is 2. The van der Waals surface area contributed by atoms with E-state index in [1.165, 1.54) is 6.26 Å². The van der Waals surface area contributed by atoms with Crippen molar-refractivity contribution in [3.8, 4) is 0 Å². The first-order valence-corrected chi connectivity index (χ1v) is 5.06. The monoisotopic (exact) mass is 190 g/mol. The van der Waals surface area contributed by atoms with Gasteiger partial charge in [-0.2, -0.15) is 0 Å². The molecule has 1 unspecified atom stereocenters. The first-order valence-electron chi connectivity index (χ1n) is 3.33. The standard InChI is InChI=1S/C8H8F2OS/c1-12(11)5-6-4-7(9)2-3-8(6)10/h2-4H,5H2,1H3. The van der Waals surface area contributed by atoms with E-state index in [9.17, 15) is 13.0 Å². The van der Waals surface area contributed by atoms with Crippen LogP contribution in [0.25, 0.3) is 0 Å². The van der Waals surface area contributed by atoms with Crippen molar-refractivity contribution < 1.29 is 13.0 Å². The molecule has 1 nitrogen and oxygen atoms in total. The van der Waals surface area contributed by atoms with E-state index >= 15 is 0 Å². The lowest BCUT2D eigenvalue weighted by Gasteiger charge is -1.99. The third kappa shape index (κ3) is 2.37. The van der Waals surface area contributed by atoms with Gasteiger partial charge in [0, 0.05) is 22.6 Å². The molecule has 0 aliphatic rings. The van der Waals surface area contributed by atoms with Gasteiger partial charge in [0.2, 0.25) is 0 Å². The predicted octanol–water partition coefficient (Wildman–Crippen LogP) is 1.84. The highest BCUT2D eigenvalue weighted by Gasteiger charge is 2.04. The molecule has 1 aromatic rings. The molecule has 0 saturated carbocycles. The molecule has 1 atom stereocenters. The van der Waals surface area contributed by atoms with Crippen molar-refractivity contribution in [2.24, 2.45) is 0 Å². The normalized spacial score (nSPS) is 12.9. The van der Waals surface area contributed by atoms with Gasteiger partial charge in [0.1, 0.15) is 11.6 Å². The minimum atomic E-state index is -1.14. The summed E-state index contributed by atoms with van der Waals surface area (Å²) in [5, 5.41) is 0. The van der Waals surface area contributed by atoms with Crippen molar-refractivity contribution in [3.05, 3.63) is 35.4 Å². The van der Waals surface area contributed by atoms with E-state index in [2.05, 4.69) is 0 Å². The van der Waals surface area contributed by atoms with Crippen LogP contribution in [-0.2, 0) is 16.6 Å². The van der Waals surface area contributed by atoms with E-state index in [0.29, 0.717) is 0 Å². The van der Waals surface area contributed by atoms with E-state index in [-0.39, 0.29) is 11.3 Å². The first kappa shape index (κ1) is 9.32. The zero-order chi connectivity index (χ0) is 9.14. The van der Waals surface area contributed by atoms with Gasteiger partial charge in [-0.05, 0) is 18.2 Å². The minimum Gasteiger partial charge on any atom is -0.260 e. The summed E-state index contributed by atoms with van der Waals surface area (Å²) >= 11 is 0. The molecule has 0 fully saturated rings. The summed E-state index contributed by atoms with van der Waals surface area (Å²) in [7, 11) is -1.14. The zero-order valence-electron chi connectivity index (χ0n) is 6.51. The summed E-state index contributed by atoms with van der Waals surface area (Å²) in [6.07, 6.45) is 1.45. The van der Waals surface area contributed by atoms with E-state index < -0.39 is 22.4 Å². The maximum Gasteiger partial charge on any atom is 0.127 e. The van der Waals surface area contributed by atoms with Crippen molar-refractivity contribution in [1.82, 2.24) is 0 Å². The number of hydrogen-bond acceptors (Lipinski definition) is 1. The molecule has 0 N–H and O–H groups in total. The minimum absolute atomic E-state index is 0.0591. The van der Waals surface area contributed by atoms with Crippen LogP contribution in [0.15, 0.2) is 18.2 Å².